The maximum absolute atomic E-state index is 12.5. The van der Waals surface area contributed by atoms with E-state index in [0.29, 0.717) is 11.8 Å². The first kappa shape index (κ1) is 48.0. The van der Waals surface area contributed by atoms with Crippen molar-refractivity contribution in [1.82, 2.24) is 0 Å². The van der Waals surface area contributed by atoms with E-state index in [2.05, 4.69) is 19.0 Å². The molecule has 2 N–H and O–H groups in total. The maximum Gasteiger partial charge on any atom is 0.303 e. The summed E-state index contributed by atoms with van der Waals surface area (Å²) in [6.45, 7) is 15.1. The van der Waals surface area contributed by atoms with Gasteiger partial charge in [0.1, 0.15) is 30.5 Å². The average molecular weight is 894 g/mol. The molecule has 4 saturated carbocycles. The summed E-state index contributed by atoms with van der Waals surface area (Å²) >= 11 is 0. The minimum atomic E-state index is -0.919. The Balaban J connectivity index is 0.966. The molecule has 0 aromatic heterocycles. The molecular formula is C46H71NO16. The van der Waals surface area contributed by atoms with Gasteiger partial charge >= 0.3 is 23.9 Å². The third-order valence-electron chi connectivity index (χ3n) is 16.2. The molecule has 7 rings (SSSR count). The Morgan fingerprint density at radius 1 is 0.587 bits per heavy atom. The van der Waals surface area contributed by atoms with Crippen LogP contribution in [0.2, 0.25) is 0 Å². The summed E-state index contributed by atoms with van der Waals surface area (Å²) in [4.78, 5) is 48.6. The molecule has 7 fully saturated rings. The van der Waals surface area contributed by atoms with E-state index in [0.717, 1.165) is 57.8 Å². The largest absolute Gasteiger partial charge is 0.459 e. The van der Waals surface area contributed by atoms with E-state index >= 15 is 0 Å². The molecule has 0 aromatic rings. The molecule has 3 saturated heterocycles. The van der Waals surface area contributed by atoms with Crippen molar-refractivity contribution in [1.29, 1.82) is 0 Å². The number of fused-ring (bicyclic) bond motifs is 5. The van der Waals surface area contributed by atoms with Gasteiger partial charge in [-0.25, -0.2) is 0 Å². The lowest BCUT2D eigenvalue weighted by Gasteiger charge is -2.63. The molecule has 356 valence electrons. The number of oxime groups is 1. The molecule has 17 heteroatoms. The maximum atomic E-state index is 12.5. The molecule has 0 amide bonds. The molecule has 0 spiro atoms. The van der Waals surface area contributed by atoms with Gasteiger partial charge in [0.2, 0.25) is 0 Å². The number of carbonyl (C=O) groups is 4. The summed E-state index contributed by atoms with van der Waals surface area (Å²) in [5, 5.41) is 25.1. The van der Waals surface area contributed by atoms with Crippen LogP contribution in [0.15, 0.2) is 5.16 Å². The zero-order chi connectivity index (χ0) is 45.6. The summed E-state index contributed by atoms with van der Waals surface area (Å²) in [7, 11) is 0. The quantitative estimate of drug-likeness (QED) is 0.0654. The molecule has 4 aliphatic carbocycles. The summed E-state index contributed by atoms with van der Waals surface area (Å²) in [5.74, 6) is -0.956. The van der Waals surface area contributed by atoms with Gasteiger partial charge in [-0.3, -0.25) is 19.2 Å². The lowest BCUT2D eigenvalue weighted by atomic mass is 9.43. The molecular weight excluding hydrogens is 822 g/mol. The highest BCUT2D eigenvalue weighted by Crippen LogP contribution is 2.69. The van der Waals surface area contributed by atoms with Crippen LogP contribution in [0.3, 0.4) is 0 Å². The van der Waals surface area contributed by atoms with Crippen molar-refractivity contribution in [2.24, 2.45) is 39.7 Å². The third kappa shape index (κ3) is 9.81. The summed E-state index contributed by atoms with van der Waals surface area (Å²) < 4.78 is 61.1. The van der Waals surface area contributed by atoms with Gasteiger partial charge in [0.15, 0.2) is 25.0 Å². The highest BCUT2D eigenvalue weighted by Gasteiger charge is 2.67. The first-order chi connectivity index (χ1) is 29.7. The Hall–Kier alpha value is -2.93. The van der Waals surface area contributed by atoms with Crippen LogP contribution in [0.25, 0.3) is 0 Å². The summed E-state index contributed by atoms with van der Waals surface area (Å²) in [6.07, 6.45) is 1.07. The molecule has 3 heterocycles. The smallest absolute Gasteiger partial charge is 0.303 e. The standard InChI is InChI=1S/C46H71NO16/c1-23-41(60-29(7)51)35(57-26(4)48)20-39(55-23)62-43-25(3)56-40(21-37(43)59-28(6)50)63-42-24(2)54-38(19-36(42)58-27(5)49)61-32-13-15-44(8)30(18-32)10-11-34-33(44)14-16-45(9)31(22-47-53)12-17-46(34,45)52/h22-25,30-43,52-53H,10-21H2,1-9H3/b47-22+/t23-,24-,25-,30-,31-,32+,33+,34-,35+,36+,37+,38+,39+,40+,41-,42-,43-,44+,45-,46+/m1/s1. The number of carbonyl (C=O) groups excluding carboxylic acids is 4. The molecule has 7 aliphatic rings. The lowest BCUT2D eigenvalue weighted by Crippen LogP contribution is -2.62. The van der Waals surface area contributed by atoms with Gasteiger partial charge in [-0.15, -0.1) is 5.16 Å². The van der Waals surface area contributed by atoms with Gasteiger partial charge in [0, 0.05) is 64.5 Å². The van der Waals surface area contributed by atoms with Gasteiger partial charge < -0.3 is 57.7 Å². The molecule has 0 unspecified atom stereocenters. The second-order valence-corrected chi connectivity index (χ2v) is 20.1. The van der Waals surface area contributed by atoms with Crippen LogP contribution >= 0.6 is 0 Å². The van der Waals surface area contributed by atoms with E-state index in [-0.39, 0.29) is 48.0 Å². The number of aliphatic hydroxyl groups is 1. The molecule has 63 heavy (non-hydrogen) atoms. The van der Waals surface area contributed by atoms with Crippen LogP contribution in [-0.2, 0) is 66.5 Å². The zero-order valence-electron chi connectivity index (χ0n) is 38.4. The normalized spacial score (nSPS) is 47.4. The van der Waals surface area contributed by atoms with Crippen LogP contribution in [0.4, 0.5) is 0 Å². The predicted molar refractivity (Wildman–Crippen MR) is 221 cm³/mol. The van der Waals surface area contributed by atoms with Crippen molar-refractivity contribution in [2.75, 3.05) is 0 Å². The van der Waals surface area contributed by atoms with Crippen LogP contribution in [0.5, 0.6) is 0 Å². The van der Waals surface area contributed by atoms with E-state index in [1.807, 2.05) is 6.92 Å². The molecule has 3 aliphatic heterocycles. The zero-order valence-corrected chi connectivity index (χ0v) is 38.4. The van der Waals surface area contributed by atoms with Crippen LogP contribution in [0.1, 0.15) is 139 Å². The van der Waals surface area contributed by atoms with Crippen LogP contribution in [0, 0.1) is 34.5 Å². The highest BCUT2D eigenvalue weighted by molar-refractivity contribution is 5.68. The fraction of sp³-hybridized carbons (Fsp3) is 0.891. The SMILES string of the molecule is CC(=O)O[C@H]1[C@@H](OC(C)=O)C[C@H](O[C@H]2[C@@H](OC(C)=O)C[C@H](O[C@H]3[C@@H](OC(C)=O)C[C@H](O[C@H]4CC[C@@]5(C)[C@H](CC[C@@H]6[C@@H]5CC[C@]5(C)[C@@H](/C=N/O)CC[C@]65O)C4)O[C@@H]3C)O[C@@H]2C)O[C@@H]1C. The molecule has 0 radical (unpaired) electrons. The number of ether oxygens (including phenoxy) is 10. The van der Waals surface area contributed by atoms with Gasteiger partial charge in [-0.05, 0) is 102 Å². The fourth-order valence-electron chi connectivity index (χ4n) is 13.2. The predicted octanol–water partition coefficient (Wildman–Crippen LogP) is 5.51. The van der Waals surface area contributed by atoms with Crippen LogP contribution < -0.4 is 0 Å². The Kier molecular flexibility index (Phi) is 14.6. The fourth-order valence-corrected chi connectivity index (χ4v) is 13.2. The summed E-state index contributed by atoms with van der Waals surface area (Å²) in [5.41, 5.74) is -0.977. The Labute approximate surface area is 370 Å². The first-order valence-corrected chi connectivity index (χ1v) is 23.3. The third-order valence-corrected chi connectivity index (χ3v) is 16.2. The van der Waals surface area contributed by atoms with Gasteiger partial charge in [0.05, 0.1) is 30.0 Å². The molecule has 0 aromatic carbocycles. The van der Waals surface area contributed by atoms with Gasteiger partial charge in [-0.2, -0.15) is 0 Å². The highest BCUT2D eigenvalue weighted by atomic mass is 16.8. The second kappa shape index (κ2) is 19.1. The molecule has 0 bridgehead atoms. The average Bonchev–Trinajstić information content (AvgIpc) is 3.45. The van der Waals surface area contributed by atoms with Gasteiger partial charge in [0.25, 0.3) is 0 Å². The Bertz CT molecular complexity index is 1700. The molecule has 17 nitrogen and oxygen atoms in total. The Morgan fingerprint density at radius 3 is 1.59 bits per heavy atom. The van der Waals surface area contributed by atoms with Crippen molar-refractivity contribution in [3.8, 4) is 0 Å². The number of hydrogen-bond acceptors (Lipinski definition) is 17. The van der Waals surface area contributed by atoms with E-state index in [4.69, 9.17) is 47.4 Å². The number of nitrogens with zero attached hydrogens (tertiary/aromatic N) is 1. The van der Waals surface area contributed by atoms with Crippen molar-refractivity contribution in [3.63, 3.8) is 0 Å². The molecule has 20 atom stereocenters. The second-order valence-electron chi connectivity index (χ2n) is 20.1. The minimum absolute atomic E-state index is 0.0437. The van der Waals surface area contributed by atoms with Crippen molar-refractivity contribution < 1.29 is 76.9 Å². The topological polar surface area (TPSA) is 213 Å². The minimum Gasteiger partial charge on any atom is -0.459 e. The van der Waals surface area contributed by atoms with E-state index in [1.54, 1.807) is 20.1 Å². The van der Waals surface area contributed by atoms with Crippen molar-refractivity contribution in [3.05, 3.63) is 0 Å². The summed E-state index contributed by atoms with van der Waals surface area (Å²) in [6, 6.07) is 0. The van der Waals surface area contributed by atoms with Gasteiger partial charge in [-0.1, -0.05) is 13.8 Å². The number of rotatable bonds is 11. The van der Waals surface area contributed by atoms with Crippen LogP contribution in [-0.4, -0.2) is 126 Å². The van der Waals surface area contributed by atoms with E-state index < -0.39 is 103 Å². The first-order valence-electron chi connectivity index (χ1n) is 23.3. The number of esters is 4. The Morgan fingerprint density at radius 2 is 1.08 bits per heavy atom. The lowest BCUT2D eigenvalue weighted by molar-refractivity contribution is -0.337. The number of hydrogen-bond donors (Lipinski definition) is 2. The van der Waals surface area contributed by atoms with E-state index in [9.17, 15) is 29.5 Å². The van der Waals surface area contributed by atoms with E-state index in [1.165, 1.54) is 27.7 Å². The monoisotopic (exact) mass is 893 g/mol. The van der Waals surface area contributed by atoms with Crippen molar-refractivity contribution in [2.45, 2.75) is 225 Å². The van der Waals surface area contributed by atoms with Crippen molar-refractivity contribution >= 4 is 30.1 Å².